The van der Waals surface area contributed by atoms with E-state index in [4.69, 9.17) is 4.74 Å². The zero-order valence-electron chi connectivity index (χ0n) is 17.4. The van der Waals surface area contributed by atoms with E-state index in [9.17, 15) is 18.0 Å². The minimum Gasteiger partial charge on any atom is -0.449 e. The van der Waals surface area contributed by atoms with Crippen molar-refractivity contribution in [2.24, 2.45) is 0 Å². The average molecular weight is 418 g/mol. The molecule has 0 spiro atoms. The normalized spacial score (nSPS) is 12.9. The standard InChI is InChI=1S/C22H27NO5S/c1-16(28-21(25)18-13-9-10-14-19(18)29(5,26)27)20(24)23(22(2,3)4)15-17-11-7-6-8-12-17/h6-14,16H,15H2,1-5H3/t16-/m0/s1. The number of benzene rings is 2. The second-order valence-corrected chi connectivity index (χ2v) is 9.88. The summed E-state index contributed by atoms with van der Waals surface area (Å²) >= 11 is 0. The van der Waals surface area contributed by atoms with Crippen LogP contribution in [-0.4, -0.2) is 43.1 Å². The molecule has 2 aromatic rings. The van der Waals surface area contributed by atoms with Crippen LogP contribution in [0.4, 0.5) is 0 Å². The molecule has 0 N–H and O–H groups in total. The number of sulfone groups is 1. The number of hydrogen-bond donors (Lipinski definition) is 0. The summed E-state index contributed by atoms with van der Waals surface area (Å²) in [6.07, 6.45) is -0.0485. The van der Waals surface area contributed by atoms with E-state index in [1.807, 2.05) is 51.1 Å². The molecule has 6 nitrogen and oxygen atoms in total. The van der Waals surface area contributed by atoms with Gasteiger partial charge in [-0.2, -0.15) is 0 Å². The lowest BCUT2D eigenvalue weighted by Gasteiger charge is -2.37. The Morgan fingerprint density at radius 3 is 2.10 bits per heavy atom. The van der Waals surface area contributed by atoms with Gasteiger partial charge in [-0.15, -0.1) is 0 Å². The van der Waals surface area contributed by atoms with Gasteiger partial charge in [-0.3, -0.25) is 4.79 Å². The summed E-state index contributed by atoms with van der Waals surface area (Å²) in [6.45, 7) is 7.57. The van der Waals surface area contributed by atoms with Crippen LogP contribution in [0.5, 0.6) is 0 Å². The summed E-state index contributed by atoms with van der Waals surface area (Å²) in [4.78, 5) is 27.2. The van der Waals surface area contributed by atoms with Crippen LogP contribution in [0.25, 0.3) is 0 Å². The first-order valence-corrected chi connectivity index (χ1v) is 11.2. The van der Waals surface area contributed by atoms with E-state index < -0.39 is 27.4 Å². The molecular formula is C22H27NO5S. The maximum atomic E-state index is 13.1. The molecule has 0 aliphatic carbocycles. The highest BCUT2D eigenvalue weighted by Crippen LogP contribution is 2.21. The fourth-order valence-corrected chi connectivity index (χ4v) is 3.74. The fraction of sp³-hybridized carbons (Fsp3) is 0.364. The molecule has 0 saturated heterocycles. The summed E-state index contributed by atoms with van der Waals surface area (Å²) in [6, 6.07) is 15.3. The number of carbonyl (C=O) groups is 2. The lowest BCUT2D eigenvalue weighted by atomic mass is 10.0. The Labute approximate surface area is 172 Å². The average Bonchev–Trinajstić information content (AvgIpc) is 2.64. The van der Waals surface area contributed by atoms with E-state index in [2.05, 4.69) is 0 Å². The Hall–Kier alpha value is -2.67. The van der Waals surface area contributed by atoms with Gasteiger partial charge in [0.1, 0.15) is 0 Å². The molecule has 2 rings (SSSR count). The molecule has 1 atom stereocenters. The summed E-state index contributed by atoms with van der Waals surface area (Å²) in [5, 5.41) is 0. The van der Waals surface area contributed by atoms with E-state index in [-0.39, 0.29) is 16.4 Å². The van der Waals surface area contributed by atoms with Gasteiger partial charge in [0, 0.05) is 18.3 Å². The quantitative estimate of drug-likeness (QED) is 0.673. The highest BCUT2D eigenvalue weighted by molar-refractivity contribution is 7.90. The van der Waals surface area contributed by atoms with Crippen molar-refractivity contribution in [1.82, 2.24) is 4.90 Å². The van der Waals surface area contributed by atoms with Gasteiger partial charge in [-0.25, -0.2) is 13.2 Å². The highest BCUT2D eigenvalue weighted by atomic mass is 32.2. The first-order valence-electron chi connectivity index (χ1n) is 9.26. The summed E-state index contributed by atoms with van der Waals surface area (Å²) in [7, 11) is -3.61. The third-order valence-corrected chi connectivity index (χ3v) is 5.55. The Morgan fingerprint density at radius 1 is 1.00 bits per heavy atom. The third-order valence-electron chi connectivity index (χ3n) is 4.40. The van der Waals surface area contributed by atoms with Crippen molar-refractivity contribution in [2.45, 2.75) is 50.8 Å². The molecule has 0 saturated carbocycles. The molecule has 1 amide bonds. The van der Waals surface area contributed by atoms with Crippen LogP contribution in [0, 0.1) is 0 Å². The maximum absolute atomic E-state index is 13.1. The lowest BCUT2D eigenvalue weighted by Crippen LogP contribution is -2.49. The molecule has 29 heavy (non-hydrogen) atoms. The van der Waals surface area contributed by atoms with Gasteiger partial charge in [-0.1, -0.05) is 42.5 Å². The van der Waals surface area contributed by atoms with Crippen molar-refractivity contribution in [3.8, 4) is 0 Å². The predicted molar refractivity (Wildman–Crippen MR) is 111 cm³/mol. The summed E-state index contributed by atoms with van der Waals surface area (Å²) in [5.41, 5.74) is 0.370. The van der Waals surface area contributed by atoms with Crippen molar-refractivity contribution in [1.29, 1.82) is 0 Å². The van der Waals surface area contributed by atoms with Gasteiger partial charge in [0.2, 0.25) is 0 Å². The van der Waals surface area contributed by atoms with Gasteiger partial charge in [0.15, 0.2) is 15.9 Å². The number of hydrogen-bond acceptors (Lipinski definition) is 5. The molecule has 0 aliphatic heterocycles. The second kappa shape index (κ2) is 8.78. The monoisotopic (exact) mass is 417 g/mol. The van der Waals surface area contributed by atoms with Crippen LogP contribution in [0.15, 0.2) is 59.5 Å². The van der Waals surface area contributed by atoms with Gasteiger partial charge in [0.05, 0.1) is 10.5 Å². The zero-order valence-corrected chi connectivity index (χ0v) is 18.2. The van der Waals surface area contributed by atoms with Gasteiger partial charge in [-0.05, 0) is 45.4 Å². The Morgan fingerprint density at radius 2 is 1.55 bits per heavy atom. The van der Waals surface area contributed by atoms with Crippen LogP contribution in [0.2, 0.25) is 0 Å². The van der Waals surface area contributed by atoms with Crippen LogP contribution in [0.1, 0.15) is 43.6 Å². The molecule has 0 fully saturated rings. The topological polar surface area (TPSA) is 80.8 Å². The predicted octanol–water partition coefficient (Wildman–Crippen LogP) is 3.46. The van der Waals surface area contributed by atoms with Gasteiger partial charge < -0.3 is 9.64 Å². The van der Waals surface area contributed by atoms with Crippen LogP contribution >= 0.6 is 0 Å². The number of amides is 1. The number of esters is 1. The molecule has 0 bridgehead atoms. The largest absolute Gasteiger partial charge is 0.449 e. The number of ether oxygens (including phenoxy) is 1. The van der Waals surface area contributed by atoms with E-state index in [0.717, 1.165) is 11.8 Å². The molecule has 2 aromatic carbocycles. The first kappa shape index (κ1) is 22.6. The zero-order chi connectivity index (χ0) is 21.8. The van der Waals surface area contributed by atoms with Crippen molar-refractivity contribution in [2.75, 3.05) is 6.26 Å². The molecule has 0 aromatic heterocycles. The smallest absolute Gasteiger partial charge is 0.340 e. The second-order valence-electron chi connectivity index (χ2n) is 7.90. The minimum atomic E-state index is -3.61. The molecule has 0 heterocycles. The van der Waals surface area contributed by atoms with E-state index in [1.54, 1.807) is 11.0 Å². The van der Waals surface area contributed by atoms with Crippen LogP contribution < -0.4 is 0 Å². The Kier molecular flexibility index (Phi) is 6.85. The van der Waals surface area contributed by atoms with Crippen molar-refractivity contribution in [3.63, 3.8) is 0 Å². The Bertz CT molecular complexity index is 978. The van der Waals surface area contributed by atoms with E-state index >= 15 is 0 Å². The highest BCUT2D eigenvalue weighted by Gasteiger charge is 2.32. The molecular weight excluding hydrogens is 390 g/mol. The summed E-state index contributed by atoms with van der Waals surface area (Å²) < 4.78 is 29.2. The molecule has 156 valence electrons. The third kappa shape index (κ3) is 5.90. The van der Waals surface area contributed by atoms with Gasteiger partial charge in [0.25, 0.3) is 5.91 Å². The van der Waals surface area contributed by atoms with E-state index in [1.165, 1.54) is 25.1 Å². The Balaban J connectivity index is 2.23. The summed E-state index contributed by atoms with van der Waals surface area (Å²) in [5.74, 6) is -1.20. The van der Waals surface area contributed by atoms with Crippen molar-refractivity contribution < 1.29 is 22.7 Å². The SMILES string of the molecule is C[C@H](OC(=O)c1ccccc1S(C)(=O)=O)C(=O)N(Cc1ccccc1)C(C)(C)C. The van der Waals surface area contributed by atoms with Crippen LogP contribution in [0.3, 0.4) is 0 Å². The lowest BCUT2D eigenvalue weighted by molar-refractivity contribution is -0.145. The maximum Gasteiger partial charge on any atom is 0.340 e. The minimum absolute atomic E-state index is 0.0833. The fourth-order valence-electron chi connectivity index (χ4n) is 2.86. The van der Waals surface area contributed by atoms with E-state index in [0.29, 0.717) is 6.54 Å². The first-order chi connectivity index (χ1) is 13.4. The van der Waals surface area contributed by atoms with Gasteiger partial charge >= 0.3 is 5.97 Å². The number of carbonyl (C=O) groups excluding carboxylic acids is 2. The number of nitrogens with zero attached hydrogens (tertiary/aromatic N) is 1. The van der Waals surface area contributed by atoms with Crippen molar-refractivity contribution >= 4 is 21.7 Å². The van der Waals surface area contributed by atoms with Crippen LogP contribution in [-0.2, 0) is 25.9 Å². The molecule has 0 unspecified atom stereocenters. The van der Waals surface area contributed by atoms with Crippen molar-refractivity contribution in [3.05, 3.63) is 65.7 Å². The molecule has 0 aliphatic rings. The molecule has 7 heteroatoms. The number of rotatable bonds is 6. The molecule has 0 radical (unpaired) electrons.